The number of hydrogen-bond acceptors (Lipinski definition) is 8. The predicted molar refractivity (Wildman–Crippen MR) is 159 cm³/mol. The first-order valence-electron chi connectivity index (χ1n) is 14.9. The number of ketones is 1. The molecule has 16 heteroatoms. The van der Waals surface area contributed by atoms with Crippen molar-refractivity contribution in [2.45, 2.75) is 25.3 Å². The van der Waals surface area contributed by atoms with Crippen LogP contribution in [0, 0.1) is 5.82 Å². The first-order valence-corrected chi connectivity index (χ1v) is 16.7. The number of hydrogen-bond donors (Lipinski definition) is 1. The van der Waals surface area contributed by atoms with Crippen molar-refractivity contribution in [2.75, 3.05) is 75.4 Å². The Labute approximate surface area is 264 Å². The molecule has 0 atom stereocenters. The number of nitrogens with one attached hydrogen (secondary N) is 1. The van der Waals surface area contributed by atoms with Gasteiger partial charge in [0.2, 0.25) is 0 Å². The molecule has 2 aromatic rings. The van der Waals surface area contributed by atoms with Gasteiger partial charge in [-0.3, -0.25) is 24.3 Å². The number of benzene rings is 2. The van der Waals surface area contributed by atoms with E-state index < -0.39 is 46.1 Å². The summed E-state index contributed by atoms with van der Waals surface area (Å²) in [6, 6.07) is 10.5. The predicted octanol–water partition coefficient (Wildman–Crippen LogP) is 2.06. The SMILES string of the molecule is O=C(CNC(=O)C(F)(F)F)c1ccc(CN(C(=O)N2CCS(=O)(=O)CC2)c2ccc(CN3CCN(C4COC4)CC3)cc2)c(F)c1. The van der Waals surface area contributed by atoms with E-state index in [1.807, 2.05) is 12.1 Å². The molecule has 3 fully saturated rings. The van der Waals surface area contributed by atoms with Crippen LogP contribution in [0.15, 0.2) is 42.5 Å². The third kappa shape index (κ3) is 8.40. The van der Waals surface area contributed by atoms with Gasteiger partial charge in [0.25, 0.3) is 0 Å². The van der Waals surface area contributed by atoms with Crippen molar-refractivity contribution >= 4 is 33.2 Å². The molecule has 250 valence electrons. The summed E-state index contributed by atoms with van der Waals surface area (Å²) in [4.78, 5) is 44.5. The van der Waals surface area contributed by atoms with Crippen LogP contribution in [0.3, 0.4) is 0 Å². The third-order valence-corrected chi connectivity index (χ3v) is 10.0. The molecule has 0 aromatic heterocycles. The second-order valence-electron chi connectivity index (χ2n) is 11.6. The van der Waals surface area contributed by atoms with Crippen LogP contribution in [0.5, 0.6) is 0 Å². The number of carbonyl (C=O) groups excluding carboxylic acids is 3. The summed E-state index contributed by atoms with van der Waals surface area (Å²) in [5.41, 5.74) is 1.24. The molecule has 0 spiro atoms. The quantitative estimate of drug-likeness (QED) is 0.319. The maximum absolute atomic E-state index is 15.2. The molecule has 3 aliphatic rings. The number of Topliss-reactive ketones (excluding diaryl/α,β-unsaturated/α-hetero) is 1. The topological polar surface area (TPSA) is 120 Å². The van der Waals surface area contributed by atoms with Gasteiger partial charge in [0.05, 0.1) is 43.9 Å². The molecule has 0 unspecified atom stereocenters. The monoisotopic (exact) mass is 669 g/mol. The van der Waals surface area contributed by atoms with Crippen molar-refractivity contribution in [3.8, 4) is 0 Å². The molecular formula is C30H35F4N5O6S. The van der Waals surface area contributed by atoms with Crippen LogP contribution >= 0.6 is 0 Å². The van der Waals surface area contributed by atoms with Crippen molar-refractivity contribution in [3.05, 3.63) is 65.0 Å². The average molecular weight is 670 g/mol. The minimum absolute atomic E-state index is 0.0196. The highest BCUT2D eigenvalue weighted by Gasteiger charge is 2.38. The van der Waals surface area contributed by atoms with Gasteiger partial charge in [-0.15, -0.1) is 0 Å². The van der Waals surface area contributed by atoms with Crippen molar-refractivity contribution in [1.29, 1.82) is 0 Å². The van der Waals surface area contributed by atoms with Gasteiger partial charge < -0.3 is 15.0 Å². The number of amides is 3. The summed E-state index contributed by atoms with van der Waals surface area (Å²) in [7, 11) is -3.27. The molecule has 5 rings (SSSR count). The van der Waals surface area contributed by atoms with Crippen LogP contribution in [0.25, 0.3) is 0 Å². The largest absolute Gasteiger partial charge is 0.471 e. The summed E-state index contributed by atoms with van der Waals surface area (Å²) in [6.07, 6.45) is -5.16. The second-order valence-corrected chi connectivity index (χ2v) is 13.9. The molecule has 0 aliphatic carbocycles. The molecule has 3 heterocycles. The van der Waals surface area contributed by atoms with Gasteiger partial charge >= 0.3 is 18.1 Å². The molecule has 3 aliphatic heterocycles. The van der Waals surface area contributed by atoms with E-state index in [0.29, 0.717) is 18.3 Å². The van der Waals surface area contributed by atoms with Crippen LogP contribution in [0.2, 0.25) is 0 Å². The first kappa shape index (κ1) is 33.8. The Bertz CT molecular complexity index is 1530. The Balaban J connectivity index is 1.28. The first-order chi connectivity index (χ1) is 21.8. The van der Waals surface area contributed by atoms with Crippen LogP contribution in [0.4, 0.5) is 28.0 Å². The van der Waals surface area contributed by atoms with E-state index in [1.54, 1.807) is 12.1 Å². The van der Waals surface area contributed by atoms with Gasteiger partial charge in [0.15, 0.2) is 15.6 Å². The molecular weight excluding hydrogens is 634 g/mol. The van der Waals surface area contributed by atoms with Crippen molar-refractivity contribution in [3.63, 3.8) is 0 Å². The fourth-order valence-electron chi connectivity index (χ4n) is 5.49. The summed E-state index contributed by atoms with van der Waals surface area (Å²) in [5.74, 6) is -4.48. The molecule has 0 radical (unpaired) electrons. The van der Waals surface area contributed by atoms with E-state index in [2.05, 4.69) is 9.80 Å². The minimum atomic E-state index is -5.16. The van der Waals surface area contributed by atoms with E-state index in [9.17, 15) is 36.0 Å². The van der Waals surface area contributed by atoms with Gasteiger partial charge in [-0.1, -0.05) is 24.3 Å². The lowest BCUT2D eigenvalue weighted by Gasteiger charge is -2.42. The van der Waals surface area contributed by atoms with Gasteiger partial charge in [-0.25, -0.2) is 17.6 Å². The maximum atomic E-state index is 15.2. The summed E-state index contributed by atoms with van der Waals surface area (Å²) < 4.78 is 81.8. The van der Waals surface area contributed by atoms with Crippen molar-refractivity contribution in [2.24, 2.45) is 0 Å². The van der Waals surface area contributed by atoms with Crippen LogP contribution in [-0.4, -0.2) is 124 Å². The van der Waals surface area contributed by atoms with E-state index in [1.165, 1.54) is 27.2 Å². The second kappa shape index (κ2) is 14.0. The number of urea groups is 1. The van der Waals surface area contributed by atoms with Gasteiger partial charge in [0.1, 0.15) is 5.82 Å². The standard InChI is InChI=1S/C30H35F4N5O6S/c31-26-15-22(27(40)16-35-28(41)30(32,33)34)3-4-23(26)18-39(29(42)38-11-13-46(43,44)14-12-38)24-5-1-21(2-6-24)17-36-7-9-37(10-8-36)25-19-45-20-25/h1-6,15,25H,7-14,16-20H2,(H,35,41). The van der Waals surface area contributed by atoms with E-state index >= 15 is 4.39 Å². The third-order valence-electron chi connectivity index (χ3n) is 8.41. The van der Waals surface area contributed by atoms with Crippen LogP contribution in [0.1, 0.15) is 21.5 Å². The van der Waals surface area contributed by atoms with E-state index in [-0.39, 0.29) is 42.3 Å². The zero-order chi connectivity index (χ0) is 33.1. The number of carbonyl (C=O) groups is 3. The molecule has 11 nitrogen and oxygen atoms in total. The van der Waals surface area contributed by atoms with E-state index in [4.69, 9.17) is 4.74 Å². The Morgan fingerprint density at radius 1 is 0.935 bits per heavy atom. The highest BCUT2D eigenvalue weighted by atomic mass is 32.2. The number of anilines is 1. The van der Waals surface area contributed by atoms with Gasteiger partial charge in [-0.05, 0) is 23.8 Å². The Morgan fingerprint density at radius 2 is 1.59 bits per heavy atom. The molecule has 46 heavy (non-hydrogen) atoms. The Kier molecular flexibility index (Phi) is 10.3. The molecule has 0 bridgehead atoms. The highest BCUT2D eigenvalue weighted by molar-refractivity contribution is 7.91. The number of piperazine rings is 1. The van der Waals surface area contributed by atoms with Crippen LogP contribution in [-0.2, 0) is 32.5 Å². The number of ether oxygens (including phenoxy) is 1. The fraction of sp³-hybridized carbons (Fsp3) is 0.500. The fourth-order valence-corrected chi connectivity index (χ4v) is 6.69. The minimum Gasteiger partial charge on any atom is -0.378 e. The Hall–Kier alpha value is -3.60. The summed E-state index contributed by atoms with van der Waals surface area (Å²) >= 11 is 0. The van der Waals surface area contributed by atoms with Gasteiger partial charge in [0, 0.05) is 62.6 Å². The molecule has 2 aromatic carbocycles. The summed E-state index contributed by atoms with van der Waals surface area (Å²) in [6.45, 7) is 4.72. The molecule has 3 saturated heterocycles. The number of halogens is 4. The average Bonchev–Trinajstić information content (AvgIpc) is 2.99. The number of rotatable bonds is 9. The van der Waals surface area contributed by atoms with E-state index in [0.717, 1.165) is 51.0 Å². The molecule has 0 saturated carbocycles. The Morgan fingerprint density at radius 3 is 2.15 bits per heavy atom. The number of sulfone groups is 1. The number of alkyl halides is 3. The van der Waals surface area contributed by atoms with Gasteiger partial charge in [-0.2, -0.15) is 13.2 Å². The zero-order valence-corrected chi connectivity index (χ0v) is 25.8. The van der Waals surface area contributed by atoms with Crippen LogP contribution < -0.4 is 10.2 Å². The lowest BCUT2D eigenvalue weighted by atomic mass is 10.1. The lowest BCUT2D eigenvalue weighted by molar-refractivity contribution is -0.173. The normalized spacial score (nSPS) is 19.3. The molecule has 3 amide bonds. The van der Waals surface area contributed by atoms with Crippen molar-refractivity contribution < 1.29 is 45.1 Å². The smallest absolute Gasteiger partial charge is 0.378 e. The molecule has 1 N–H and O–H groups in total. The highest BCUT2D eigenvalue weighted by Crippen LogP contribution is 2.24. The zero-order valence-electron chi connectivity index (χ0n) is 25.0. The number of nitrogens with zero attached hydrogens (tertiary/aromatic N) is 4. The lowest BCUT2D eigenvalue weighted by Crippen LogP contribution is -2.56. The maximum Gasteiger partial charge on any atom is 0.471 e. The van der Waals surface area contributed by atoms with Crippen molar-refractivity contribution in [1.82, 2.24) is 20.0 Å². The summed E-state index contributed by atoms with van der Waals surface area (Å²) in [5, 5.41) is 1.46.